The van der Waals surface area contributed by atoms with Gasteiger partial charge in [0.05, 0.1) is 0 Å². The Hall–Kier alpha value is -0.120. The van der Waals surface area contributed by atoms with E-state index >= 15 is 0 Å². The fraction of sp³-hybridized carbons (Fsp3) is 1.00. The molecule has 0 aliphatic carbocycles. The number of hydrogen-bond donors (Lipinski definition) is 3. The van der Waals surface area contributed by atoms with Gasteiger partial charge in [-0.1, -0.05) is 13.8 Å². The standard InChI is InChI=1S/C6H13N3.C2H6/c7-6-3-8-1-5(6)2-9-4-6;1-2/h5,8-9H,1-4,7H2;1-2H3. The summed E-state index contributed by atoms with van der Waals surface area (Å²) >= 11 is 0. The molecule has 0 aromatic rings. The van der Waals surface area contributed by atoms with Gasteiger partial charge >= 0.3 is 0 Å². The third-order valence-corrected chi connectivity index (χ3v) is 2.50. The predicted octanol–water partition coefficient (Wildman–Crippen LogP) is -0.467. The molecule has 0 saturated carbocycles. The third kappa shape index (κ3) is 1.55. The minimum atomic E-state index is 0.0833. The molecule has 0 unspecified atom stereocenters. The van der Waals surface area contributed by atoms with Gasteiger partial charge in [0.1, 0.15) is 0 Å². The van der Waals surface area contributed by atoms with Crippen molar-refractivity contribution in [3.05, 3.63) is 0 Å². The van der Waals surface area contributed by atoms with E-state index in [1.165, 1.54) is 0 Å². The highest BCUT2D eigenvalue weighted by atomic mass is 15.1. The summed E-state index contributed by atoms with van der Waals surface area (Å²) in [7, 11) is 0. The largest absolute Gasteiger partial charge is 0.323 e. The van der Waals surface area contributed by atoms with E-state index in [9.17, 15) is 0 Å². The fourth-order valence-electron chi connectivity index (χ4n) is 1.79. The van der Waals surface area contributed by atoms with Crippen LogP contribution >= 0.6 is 0 Å². The van der Waals surface area contributed by atoms with E-state index < -0.39 is 0 Å². The molecule has 3 heteroatoms. The molecule has 2 rings (SSSR count). The van der Waals surface area contributed by atoms with Crippen molar-refractivity contribution in [3.63, 3.8) is 0 Å². The summed E-state index contributed by atoms with van der Waals surface area (Å²) in [6.07, 6.45) is 0. The SMILES string of the molecule is CC.NC12CNCC1CNC2. The van der Waals surface area contributed by atoms with Gasteiger partial charge < -0.3 is 16.4 Å². The molecule has 2 aliphatic rings. The molecule has 0 bridgehead atoms. The second kappa shape index (κ2) is 3.52. The van der Waals surface area contributed by atoms with Crippen molar-refractivity contribution >= 4 is 0 Å². The highest BCUT2D eigenvalue weighted by Gasteiger charge is 2.42. The molecule has 66 valence electrons. The molecule has 2 saturated heterocycles. The lowest BCUT2D eigenvalue weighted by molar-refractivity contribution is 0.434. The van der Waals surface area contributed by atoms with E-state index in [0.29, 0.717) is 5.92 Å². The Morgan fingerprint density at radius 1 is 1.18 bits per heavy atom. The highest BCUT2D eigenvalue weighted by Crippen LogP contribution is 2.21. The number of nitrogens with two attached hydrogens (primary N) is 1. The minimum absolute atomic E-state index is 0.0833. The average molecular weight is 157 g/mol. The first-order valence-corrected chi connectivity index (χ1v) is 4.52. The molecule has 0 radical (unpaired) electrons. The van der Waals surface area contributed by atoms with Crippen LogP contribution in [-0.4, -0.2) is 31.7 Å². The summed E-state index contributed by atoms with van der Waals surface area (Å²) in [5.41, 5.74) is 6.12. The maximum Gasteiger partial charge on any atom is 0.0460 e. The second-order valence-corrected chi connectivity index (χ2v) is 3.19. The molecule has 11 heavy (non-hydrogen) atoms. The molecule has 0 amide bonds. The van der Waals surface area contributed by atoms with Crippen LogP contribution in [0.2, 0.25) is 0 Å². The van der Waals surface area contributed by atoms with Gasteiger partial charge in [-0.05, 0) is 0 Å². The van der Waals surface area contributed by atoms with Gasteiger partial charge in [0.15, 0.2) is 0 Å². The van der Waals surface area contributed by atoms with Gasteiger partial charge in [-0.3, -0.25) is 0 Å². The molecule has 0 aromatic carbocycles. The fourth-order valence-corrected chi connectivity index (χ4v) is 1.79. The third-order valence-electron chi connectivity index (χ3n) is 2.50. The van der Waals surface area contributed by atoms with E-state index in [0.717, 1.165) is 26.2 Å². The number of nitrogens with one attached hydrogen (secondary N) is 2. The van der Waals surface area contributed by atoms with E-state index in [1.54, 1.807) is 0 Å². The first-order chi connectivity index (χ1) is 5.31. The number of fused-ring (bicyclic) bond motifs is 1. The van der Waals surface area contributed by atoms with Crippen molar-refractivity contribution < 1.29 is 0 Å². The molecular weight excluding hydrogens is 138 g/mol. The van der Waals surface area contributed by atoms with Gasteiger partial charge in [0, 0.05) is 37.6 Å². The minimum Gasteiger partial charge on any atom is -0.323 e. The Bertz CT molecular complexity index is 115. The lowest BCUT2D eigenvalue weighted by Gasteiger charge is -2.20. The van der Waals surface area contributed by atoms with Gasteiger partial charge in [0.25, 0.3) is 0 Å². The zero-order chi connectivity index (χ0) is 8.32. The van der Waals surface area contributed by atoms with Gasteiger partial charge in [-0.25, -0.2) is 0 Å². The van der Waals surface area contributed by atoms with Crippen LogP contribution < -0.4 is 16.4 Å². The molecule has 0 aromatic heterocycles. The van der Waals surface area contributed by atoms with Crippen LogP contribution in [0.1, 0.15) is 13.8 Å². The predicted molar refractivity (Wildman–Crippen MR) is 47.5 cm³/mol. The summed E-state index contributed by atoms with van der Waals surface area (Å²) in [6.45, 7) is 8.18. The van der Waals surface area contributed by atoms with Crippen molar-refractivity contribution in [2.75, 3.05) is 26.2 Å². The zero-order valence-corrected chi connectivity index (χ0v) is 7.48. The van der Waals surface area contributed by atoms with Crippen LogP contribution in [0.4, 0.5) is 0 Å². The van der Waals surface area contributed by atoms with E-state index in [2.05, 4.69) is 10.6 Å². The van der Waals surface area contributed by atoms with Crippen molar-refractivity contribution in [1.29, 1.82) is 0 Å². The Labute approximate surface area is 68.7 Å². The molecule has 4 N–H and O–H groups in total. The Balaban J connectivity index is 0.000000281. The second-order valence-electron chi connectivity index (χ2n) is 3.19. The van der Waals surface area contributed by atoms with Gasteiger partial charge in [-0.15, -0.1) is 0 Å². The molecule has 2 heterocycles. The molecule has 2 fully saturated rings. The van der Waals surface area contributed by atoms with Crippen molar-refractivity contribution in [3.8, 4) is 0 Å². The Kier molecular flexibility index (Phi) is 2.87. The highest BCUT2D eigenvalue weighted by molar-refractivity contribution is 5.06. The van der Waals surface area contributed by atoms with Crippen LogP contribution in [0, 0.1) is 5.92 Å². The van der Waals surface area contributed by atoms with Crippen LogP contribution in [0.15, 0.2) is 0 Å². The molecular formula is C8H19N3. The van der Waals surface area contributed by atoms with E-state index in [4.69, 9.17) is 5.73 Å². The topological polar surface area (TPSA) is 50.1 Å². The summed E-state index contributed by atoms with van der Waals surface area (Å²) in [6, 6.07) is 0. The van der Waals surface area contributed by atoms with Crippen LogP contribution in [0.3, 0.4) is 0 Å². The molecule has 2 aliphatic heterocycles. The normalized spacial score (nSPS) is 41.2. The maximum atomic E-state index is 6.04. The van der Waals surface area contributed by atoms with E-state index in [1.807, 2.05) is 13.8 Å². The summed E-state index contributed by atoms with van der Waals surface area (Å²) in [5.74, 6) is 0.678. The Morgan fingerprint density at radius 2 is 1.64 bits per heavy atom. The maximum absolute atomic E-state index is 6.04. The lowest BCUT2D eigenvalue weighted by atomic mass is 9.92. The lowest BCUT2D eigenvalue weighted by Crippen LogP contribution is -2.48. The average Bonchev–Trinajstić information content (AvgIpc) is 2.49. The zero-order valence-electron chi connectivity index (χ0n) is 7.48. The van der Waals surface area contributed by atoms with Gasteiger partial charge in [0.2, 0.25) is 0 Å². The first-order valence-electron chi connectivity index (χ1n) is 4.52. The van der Waals surface area contributed by atoms with Gasteiger partial charge in [-0.2, -0.15) is 0 Å². The van der Waals surface area contributed by atoms with Crippen LogP contribution in [-0.2, 0) is 0 Å². The first kappa shape index (κ1) is 8.97. The molecule has 0 atom stereocenters. The molecule has 3 nitrogen and oxygen atoms in total. The summed E-state index contributed by atoms with van der Waals surface area (Å²) < 4.78 is 0. The number of rotatable bonds is 0. The monoisotopic (exact) mass is 157 g/mol. The number of hydrogen-bond acceptors (Lipinski definition) is 3. The van der Waals surface area contributed by atoms with Crippen molar-refractivity contribution in [1.82, 2.24) is 10.6 Å². The smallest absolute Gasteiger partial charge is 0.0460 e. The van der Waals surface area contributed by atoms with E-state index in [-0.39, 0.29) is 5.54 Å². The summed E-state index contributed by atoms with van der Waals surface area (Å²) in [4.78, 5) is 0. The molecule has 0 spiro atoms. The quantitative estimate of drug-likeness (QED) is 0.446. The Morgan fingerprint density at radius 3 is 2.00 bits per heavy atom. The summed E-state index contributed by atoms with van der Waals surface area (Å²) in [5, 5.41) is 6.60. The van der Waals surface area contributed by atoms with Crippen molar-refractivity contribution in [2.45, 2.75) is 19.4 Å². The van der Waals surface area contributed by atoms with Crippen molar-refractivity contribution in [2.24, 2.45) is 11.7 Å². The van der Waals surface area contributed by atoms with Crippen LogP contribution in [0.5, 0.6) is 0 Å². The van der Waals surface area contributed by atoms with Crippen LogP contribution in [0.25, 0.3) is 0 Å².